The number of nitrogens with zero attached hydrogens (tertiary/aromatic N) is 6. The summed E-state index contributed by atoms with van der Waals surface area (Å²) in [6, 6.07) is 0. The van der Waals surface area contributed by atoms with E-state index in [0.717, 1.165) is 89.8 Å². The molecule has 0 spiro atoms. The van der Waals surface area contributed by atoms with Crippen molar-refractivity contribution in [3.8, 4) is 0 Å². The van der Waals surface area contributed by atoms with Crippen molar-refractivity contribution in [3.63, 3.8) is 0 Å². The van der Waals surface area contributed by atoms with Gasteiger partial charge in [0.1, 0.15) is 0 Å². The van der Waals surface area contributed by atoms with Gasteiger partial charge in [0, 0.05) is 77.8 Å². The second-order valence-corrected chi connectivity index (χ2v) is 9.23. The van der Waals surface area contributed by atoms with Crippen LogP contribution in [0.2, 0.25) is 0 Å². The lowest BCUT2D eigenvalue weighted by Crippen LogP contribution is -2.54. The average Bonchev–Trinajstić information content (AvgIpc) is 3.54. The molecule has 0 aromatic carbocycles. The van der Waals surface area contributed by atoms with Crippen LogP contribution in [0, 0.1) is 0 Å². The molecule has 3 fully saturated rings. The predicted molar refractivity (Wildman–Crippen MR) is 138 cm³/mol. The second-order valence-electron chi connectivity index (χ2n) is 8.39. The van der Waals surface area contributed by atoms with E-state index in [-0.39, 0.29) is 24.0 Å². The number of carbonyl (C=O) groups is 1. The number of piperazine rings is 1. The highest BCUT2D eigenvalue weighted by atomic mass is 127. The highest BCUT2D eigenvalue weighted by Gasteiger charge is 2.24. The number of aromatic nitrogens is 1. The second kappa shape index (κ2) is 12.2. The summed E-state index contributed by atoms with van der Waals surface area (Å²) in [7, 11) is 1.85. The summed E-state index contributed by atoms with van der Waals surface area (Å²) in [6.07, 6.45) is 5.79. The smallest absolute Gasteiger partial charge is 0.236 e. The number of nitrogens with one attached hydrogen (secondary N) is 1. The fourth-order valence-corrected chi connectivity index (χ4v) is 5.39. The molecule has 3 aliphatic rings. The van der Waals surface area contributed by atoms with Crippen LogP contribution in [0.4, 0.5) is 5.13 Å². The molecule has 0 saturated carbocycles. The number of halogens is 1. The molecule has 4 heterocycles. The first-order valence-corrected chi connectivity index (χ1v) is 12.3. The molecule has 1 aromatic rings. The SMILES string of the molecule is CN=C(NCCc1csc(N2CCCC2)n1)N1CCN(CC(=O)N2CCCC2)CC1.I. The Morgan fingerprint density at radius 3 is 2.39 bits per heavy atom. The van der Waals surface area contributed by atoms with Gasteiger partial charge >= 0.3 is 0 Å². The summed E-state index contributed by atoms with van der Waals surface area (Å²) >= 11 is 1.76. The average molecular weight is 562 g/mol. The summed E-state index contributed by atoms with van der Waals surface area (Å²) in [5.74, 6) is 1.25. The molecule has 0 aliphatic carbocycles. The number of carbonyl (C=O) groups excluding carboxylic acids is 1. The van der Waals surface area contributed by atoms with E-state index >= 15 is 0 Å². The zero-order valence-corrected chi connectivity index (χ0v) is 21.7. The normalized spacial score (nSPS) is 20.3. The first-order chi connectivity index (χ1) is 14.7. The lowest BCUT2D eigenvalue weighted by Gasteiger charge is -2.36. The minimum atomic E-state index is 0. The minimum absolute atomic E-state index is 0. The van der Waals surface area contributed by atoms with Crippen molar-refractivity contribution in [1.29, 1.82) is 0 Å². The Bertz CT molecular complexity index is 723. The van der Waals surface area contributed by atoms with Crippen LogP contribution in [0.15, 0.2) is 10.4 Å². The highest BCUT2D eigenvalue weighted by Crippen LogP contribution is 2.24. The molecule has 174 valence electrons. The number of hydrogen-bond donors (Lipinski definition) is 1. The predicted octanol–water partition coefficient (Wildman–Crippen LogP) is 1.72. The van der Waals surface area contributed by atoms with Gasteiger partial charge in [-0.2, -0.15) is 0 Å². The van der Waals surface area contributed by atoms with Crippen molar-refractivity contribution in [1.82, 2.24) is 25.0 Å². The quantitative estimate of drug-likeness (QED) is 0.324. The number of amides is 1. The molecule has 1 aromatic heterocycles. The van der Waals surface area contributed by atoms with Gasteiger partial charge in [0.05, 0.1) is 12.2 Å². The third kappa shape index (κ3) is 6.67. The molecule has 0 bridgehead atoms. The van der Waals surface area contributed by atoms with Gasteiger partial charge in [-0.3, -0.25) is 14.7 Å². The van der Waals surface area contributed by atoms with Crippen LogP contribution in [-0.4, -0.2) is 104 Å². The van der Waals surface area contributed by atoms with E-state index in [0.29, 0.717) is 12.5 Å². The number of guanidine groups is 1. The molecule has 0 unspecified atom stereocenters. The third-order valence-corrected chi connectivity index (χ3v) is 7.23. The summed E-state index contributed by atoms with van der Waals surface area (Å²) in [5, 5.41) is 6.86. The maximum atomic E-state index is 12.4. The molecule has 31 heavy (non-hydrogen) atoms. The van der Waals surface area contributed by atoms with Crippen LogP contribution >= 0.6 is 35.3 Å². The van der Waals surface area contributed by atoms with Gasteiger partial charge in [-0.05, 0) is 25.7 Å². The van der Waals surface area contributed by atoms with Crippen molar-refractivity contribution in [2.24, 2.45) is 4.99 Å². The van der Waals surface area contributed by atoms with E-state index in [1.54, 1.807) is 11.3 Å². The van der Waals surface area contributed by atoms with Crippen molar-refractivity contribution < 1.29 is 4.79 Å². The molecule has 4 rings (SSSR count). The minimum Gasteiger partial charge on any atom is -0.356 e. The van der Waals surface area contributed by atoms with Crippen molar-refractivity contribution in [3.05, 3.63) is 11.1 Å². The summed E-state index contributed by atoms with van der Waals surface area (Å²) in [4.78, 5) is 30.6. The molecule has 1 amide bonds. The third-order valence-electron chi connectivity index (χ3n) is 6.28. The standard InChI is InChI=1S/C21H35N7OS.HI/c1-22-20(23-7-6-18-17-30-21(24-18)28-10-4-5-11-28)27-14-12-25(13-15-27)16-19(29)26-8-2-3-9-26;/h17H,2-16H2,1H3,(H,22,23);1H. The van der Waals surface area contributed by atoms with E-state index < -0.39 is 0 Å². The number of likely N-dealkylation sites (tertiary alicyclic amines) is 1. The van der Waals surface area contributed by atoms with Gasteiger partial charge in [-0.15, -0.1) is 35.3 Å². The molecule has 8 nitrogen and oxygen atoms in total. The Morgan fingerprint density at radius 1 is 1.03 bits per heavy atom. The summed E-state index contributed by atoms with van der Waals surface area (Å²) in [5.41, 5.74) is 1.16. The van der Waals surface area contributed by atoms with Gasteiger partial charge in [0.2, 0.25) is 5.91 Å². The number of anilines is 1. The maximum absolute atomic E-state index is 12.4. The lowest BCUT2D eigenvalue weighted by molar-refractivity contribution is -0.131. The Labute approximate surface area is 207 Å². The van der Waals surface area contributed by atoms with Crippen LogP contribution in [-0.2, 0) is 11.2 Å². The first kappa shape index (κ1) is 24.5. The molecule has 0 atom stereocenters. The van der Waals surface area contributed by atoms with E-state index in [1.165, 1.54) is 18.0 Å². The molecule has 3 saturated heterocycles. The van der Waals surface area contributed by atoms with Crippen LogP contribution < -0.4 is 10.2 Å². The van der Waals surface area contributed by atoms with E-state index in [4.69, 9.17) is 4.98 Å². The number of aliphatic imine (C=N–C) groups is 1. The molecule has 0 radical (unpaired) electrons. The topological polar surface area (TPSA) is 67.3 Å². The fourth-order valence-electron chi connectivity index (χ4n) is 4.48. The van der Waals surface area contributed by atoms with Crippen LogP contribution in [0.3, 0.4) is 0 Å². The van der Waals surface area contributed by atoms with Gasteiger partial charge in [0.25, 0.3) is 0 Å². The molecular formula is C21H36IN7OS. The molecular weight excluding hydrogens is 525 g/mol. The van der Waals surface area contributed by atoms with E-state index in [2.05, 4.69) is 30.4 Å². The van der Waals surface area contributed by atoms with Crippen LogP contribution in [0.5, 0.6) is 0 Å². The summed E-state index contributed by atoms with van der Waals surface area (Å²) < 4.78 is 0. The zero-order chi connectivity index (χ0) is 20.8. The Balaban J connectivity index is 0.00000272. The van der Waals surface area contributed by atoms with Gasteiger partial charge in [-0.1, -0.05) is 0 Å². The van der Waals surface area contributed by atoms with E-state index in [1.807, 2.05) is 11.9 Å². The van der Waals surface area contributed by atoms with Crippen molar-refractivity contribution >= 4 is 52.3 Å². The molecule has 10 heteroatoms. The van der Waals surface area contributed by atoms with Crippen LogP contribution in [0.1, 0.15) is 31.4 Å². The Morgan fingerprint density at radius 2 is 1.71 bits per heavy atom. The number of hydrogen-bond acceptors (Lipinski definition) is 6. The lowest BCUT2D eigenvalue weighted by atomic mass is 10.3. The maximum Gasteiger partial charge on any atom is 0.236 e. The Kier molecular flexibility index (Phi) is 9.64. The van der Waals surface area contributed by atoms with Gasteiger partial charge < -0.3 is 20.0 Å². The molecule has 3 aliphatic heterocycles. The number of rotatable bonds is 6. The molecule has 1 N–H and O–H groups in total. The highest BCUT2D eigenvalue weighted by molar-refractivity contribution is 14.0. The zero-order valence-electron chi connectivity index (χ0n) is 18.6. The van der Waals surface area contributed by atoms with Gasteiger partial charge in [0.15, 0.2) is 11.1 Å². The largest absolute Gasteiger partial charge is 0.356 e. The summed E-state index contributed by atoms with van der Waals surface area (Å²) in [6.45, 7) is 9.19. The monoisotopic (exact) mass is 561 g/mol. The number of thiazole rings is 1. The van der Waals surface area contributed by atoms with Gasteiger partial charge in [-0.25, -0.2) is 4.98 Å². The van der Waals surface area contributed by atoms with E-state index in [9.17, 15) is 4.79 Å². The Hall–Kier alpha value is -1.14. The van der Waals surface area contributed by atoms with Crippen molar-refractivity contribution in [2.45, 2.75) is 32.1 Å². The van der Waals surface area contributed by atoms with Crippen molar-refractivity contribution in [2.75, 3.05) is 77.4 Å². The first-order valence-electron chi connectivity index (χ1n) is 11.4. The van der Waals surface area contributed by atoms with Crippen LogP contribution in [0.25, 0.3) is 0 Å². The fraction of sp³-hybridized carbons (Fsp3) is 0.762.